The summed E-state index contributed by atoms with van der Waals surface area (Å²) in [6, 6.07) is 13.2. The molecule has 1 amide bonds. The number of likely N-dealkylation sites (N-methyl/N-ethyl adjacent to an activating group) is 1. The zero-order chi connectivity index (χ0) is 15.8. The molecular formula is C18H25N3O. The van der Waals surface area contributed by atoms with Gasteiger partial charge in [-0.3, -0.25) is 9.69 Å². The van der Waals surface area contributed by atoms with Gasteiger partial charge in [-0.25, -0.2) is 0 Å². The van der Waals surface area contributed by atoms with Crippen LogP contribution in [0.2, 0.25) is 0 Å². The lowest BCUT2D eigenvalue weighted by molar-refractivity contribution is -0.122. The van der Waals surface area contributed by atoms with Crippen LogP contribution in [-0.2, 0) is 4.79 Å². The molecule has 4 nitrogen and oxygen atoms in total. The van der Waals surface area contributed by atoms with Gasteiger partial charge in [0, 0.05) is 12.6 Å². The molecule has 2 rings (SSSR count). The van der Waals surface area contributed by atoms with Crippen LogP contribution in [0.5, 0.6) is 0 Å². The largest absolute Gasteiger partial charge is 0.354 e. The molecule has 1 aromatic rings. The van der Waals surface area contributed by atoms with Crippen molar-refractivity contribution in [3.63, 3.8) is 0 Å². The Labute approximate surface area is 133 Å². The number of hydrogen-bond donors (Lipinski definition) is 1. The van der Waals surface area contributed by atoms with Crippen molar-refractivity contribution in [1.82, 2.24) is 10.2 Å². The maximum Gasteiger partial charge on any atom is 0.234 e. The predicted octanol–water partition coefficient (Wildman–Crippen LogP) is 2.67. The highest BCUT2D eigenvalue weighted by atomic mass is 16.2. The van der Waals surface area contributed by atoms with Crippen LogP contribution in [-0.4, -0.2) is 37.0 Å². The molecule has 0 saturated heterocycles. The van der Waals surface area contributed by atoms with E-state index in [1.165, 1.54) is 18.4 Å². The third kappa shape index (κ3) is 4.85. The quantitative estimate of drug-likeness (QED) is 0.822. The van der Waals surface area contributed by atoms with Gasteiger partial charge >= 0.3 is 0 Å². The lowest BCUT2D eigenvalue weighted by Crippen LogP contribution is -2.42. The lowest BCUT2D eigenvalue weighted by Gasteiger charge is -2.34. The number of benzene rings is 1. The monoisotopic (exact) mass is 299 g/mol. The van der Waals surface area contributed by atoms with E-state index in [9.17, 15) is 4.79 Å². The average Bonchev–Trinajstić information content (AvgIpc) is 2.56. The minimum Gasteiger partial charge on any atom is -0.354 e. The maximum absolute atomic E-state index is 11.8. The van der Waals surface area contributed by atoms with E-state index >= 15 is 0 Å². The number of hydrogen-bond acceptors (Lipinski definition) is 3. The molecule has 118 valence electrons. The molecule has 0 aromatic heterocycles. The zero-order valence-electron chi connectivity index (χ0n) is 13.3. The highest BCUT2D eigenvalue weighted by Crippen LogP contribution is 2.34. The number of amides is 1. The predicted molar refractivity (Wildman–Crippen MR) is 87.3 cm³/mol. The van der Waals surface area contributed by atoms with Gasteiger partial charge in [0.05, 0.1) is 19.0 Å². The van der Waals surface area contributed by atoms with E-state index in [1.807, 2.05) is 13.1 Å². The van der Waals surface area contributed by atoms with Gasteiger partial charge in [-0.2, -0.15) is 5.26 Å². The average molecular weight is 299 g/mol. The van der Waals surface area contributed by atoms with Crippen molar-refractivity contribution in [3.05, 3.63) is 35.9 Å². The molecule has 0 radical (unpaired) electrons. The van der Waals surface area contributed by atoms with Crippen LogP contribution in [0.4, 0.5) is 0 Å². The van der Waals surface area contributed by atoms with Crippen LogP contribution in [0, 0.1) is 11.3 Å². The second-order valence-electron chi connectivity index (χ2n) is 6.09. The fourth-order valence-electron chi connectivity index (χ4n) is 3.24. The Morgan fingerprint density at radius 2 is 1.95 bits per heavy atom. The highest BCUT2D eigenvalue weighted by Gasteiger charge is 2.25. The first kappa shape index (κ1) is 16.5. The van der Waals surface area contributed by atoms with Crippen molar-refractivity contribution in [3.8, 4) is 6.07 Å². The SMILES string of the molecule is CN(CC(=O)NCCC#N)C1CCC(c2ccccc2)CC1. The number of carbonyl (C=O) groups excluding carboxylic acids is 1. The van der Waals surface area contributed by atoms with E-state index < -0.39 is 0 Å². The van der Waals surface area contributed by atoms with Crippen molar-refractivity contribution in [1.29, 1.82) is 5.26 Å². The van der Waals surface area contributed by atoms with Crippen LogP contribution in [0.25, 0.3) is 0 Å². The molecule has 1 N–H and O–H groups in total. The molecular weight excluding hydrogens is 274 g/mol. The van der Waals surface area contributed by atoms with Crippen LogP contribution in [0.15, 0.2) is 30.3 Å². The Hall–Kier alpha value is -1.86. The van der Waals surface area contributed by atoms with Gasteiger partial charge in [-0.15, -0.1) is 0 Å². The Morgan fingerprint density at radius 3 is 2.59 bits per heavy atom. The van der Waals surface area contributed by atoms with Crippen molar-refractivity contribution < 1.29 is 4.79 Å². The molecule has 1 aliphatic carbocycles. The molecule has 0 aliphatic heterocycles. The molecule has 0 bridgehead atoms. The Bertz CT molecular complexity index is 501. The van der Waals surface area contributed by atoms with Crippen molar-refractivity contribution in [2.75, 3.05) is 20.1 Å². The summed E-state index contributed by atoms with van der Waals surface area (Å²) in [5.41, 5.74) is 1.44. The minimum atomic E-state index is 0.0166. The van der Waals surface area contributed by atoms with E-state index in [0.717, 1.165) is 12.8 Å². The van der Waals surface area contributed by atoms with Crippen LogP contribution in [0.3, 0.4) is 0 Å². The standard InChI is InChI=1S/C18H25N3O/c1-21(14-18(22)20-13-5-12-19)17-10-8-16(9-11-17)15-6-3-2-4-7-15/h2-4,6-7,16-17H,5,8-11,13-14H2,1H3,(H,20,22). The van der Waals surface area contributed by atoms with Gasteiger partial charge in [0.15, 0.2) is 0 Å². The first-order valence-corrected chi connectivity index (χ1v) is 8.09. The molecule has 1 fully saturated rings. The Kier molecular flexibility index (Phi) is 6.42. The fourth-order valence-corrected chi connectivity index (χ4v) is 3.24. The van der Waals surface area contributed by atoms with Gasteiger partial charge < -0.3 is 5.32 Å². The second-order valence-corrected chi connectivity index (χ2v) is 6.09. The maximum atomic E-state index is 11.8. The third-order valence-electron chi connectivity index (χ3n) is 4.54. The Morgan fingerprint density at radius 1 is 1.27 bits per heavy atom. The first-order chi connectivity index (χ1) is 10.7. The van der Waals surface area contributed by atoms with Gasteiger partial charge in [0.25, 0.3) is 0 Å². The summed E-state index contributed by atoms with van der Waals surface area (Å²) in [6.07, 6.45) is 5.03. The summed E-state index contributed by atoms with van der Waals surface area (Å²) in [5.74, 6) is 0.679. The summed E-state index contributed by atoms with van der Waals surface area (Å²) in [6.45, 7) is 0.871. The molecule has 0 spiro atoms. The first-order valence-electron chi connectivity index (χ1n) is 8.09. The van der Waals surface area contributed by atoms with E-state index in [0.29, 0.717) is 31.5 Å². The molecule has 4 heteroatoms. The fraction of sp³-hybridized carbons (Fsp3) is 0.556. The Balaban J connectivity index is 1.74. The van der Waals surface area contributed by atoms with E-state index in [-0.39, 0.29) is 5.91 Å². The molecule has 0 heterocycles. The van der Waals surface area contributed by atoms with E-state index in [4.69, 9.17) is 5.26 Å². The number of nitriles is 1. The van der Waals surface area contributed by atoms with Crippen molar-refractivity contribution in [2.24, 2.45) is 0 Å². The molecule has 22 heavy (non-hydrogen) atoms. The summed E-state index contributed by atoms with van der Waals surface area (Å²) in [7, 11) is 2.03. The summed E-state index contributed by atoms with van der Waals surface area (Å²) < 4.78 is 0. The number of nitrogens with zero attached hydrogens (tertiary/aromatic N) is 2. The van der Waals surface area contributed by atoms with Gasteiger partial charge in [0.2, 0.25) is 5.91 Å². The topological polar surface area (TPSA) is 56.1 Å². The lowest BCUT2D eigenvalue weighted by atomic mass is 9.81. The molecule has 0 atom stereocenters. The smallest absolute Gasteiger partial charge is 0.234 e. The third-order valence-corrected chi connectivity index (χ3v) is 4.54. The number of nitrogens with one attached hydrogen (secondary N) is 1. The summed E-state index contributed by atoms with van der Waals surface area (Å²) >= 11 is 0. The molecule has 1 aromatic carbocycles. The van der Waals surface area contributed by atoms with Gasteiger partial charge in [-0.1, -0.05) is 30.3 Å². The van der Waals surface area contributed by atoms with Crippen LogP contribution in [0.1, 0.15) is 43.6 Å². The summed E-state index contributed by atoms with van der Waals surface area (Å²) in [5, 5.41) is 11.3. The second kappa shape index (κ2) is 8.55. The number of carbonyl (C=O) groups is 1. The highest BCUT2D eigenvalue weighted by molar-refractivity contribution is 5.78. The van der Waals surface area contributed by atoms with E-state index in [1.54, 1.807) is 0 Å². The summed E-state index contributed by atoms with van der Waals surface area (Å²) in [4.78, 5) is 14.0. The van der Waals surface area contributed by atoms with Crippen molar-refractivity contribution in [2.45, 2.75) is 44.1 Å². The molecule has 1 saturated carbocycles. The number of rotatable bonds is 6. The molecule has 1 aliphatic rings. The van der Waals surface area contributed by atoms with Gasteiger partial charge in [0.1, 0.15) is 0 Å². The molecule has 0 unspecified atom stereocenters. The minimum absolute atomic E-state index is 0.0166. The van der Waals surface area contributed by atoms with Crippen molar-refractivity contribution >= 4 is 5.91 Å². The zero-order valence-corrected chi connectivity index (χ0v) is 13.3. The van der Waals surface area contributed by atoms with Crippen LogP contribution < -0.4 is 5.32 Å². The van der Waals surface area contributed by atoms with Gasteiger partial charge in [-0.05, 0) is 44.2 Å². The van der Waals surface area contributed by atoms with Crippen LogP contribution >= 0.6 is 0 Å². The normalized spacial score (nSPS) is 21.3. The van der Waals surface area contributed by atoms with E-state index in [2.05, 4.69) is 40.5 Å².